The summed E-state index contributed by atoms with van der Waals surface area (Å²) >= 11 is 0. The van der Waals surface area contributed by atoms with Crippen molar-refractivity contribution in [3.05, 3.63) is 29.8 Å². The van der Waals surface area contributed by atoms with Gasteiger partial charge in [0.2, 0.25) is 0 Å². The first-order valence-electron chi connectivity index (χ1n) is 6.76. The number of carboxylic acids is 1. The molecule has 0 spiro atoms. The van der Waals surface area contributed by atoms with Crippen molar-refractivity contribution in [2.24, 2.45) is 0 Å². The summed E-state index contributed by atoms with van der Waals surface area (Å²) in [6, 6.07) is 7.38. The van der Waals surface area contributed by atoms with Crippen LogP contribution in [0.3, 0.4) is 0 Å². The highest BCUT2D eigenvalue weighted by molar-refractivity contribution is 5.87. The van der Waals surface area contributed by atoms with Crippen LogP contribution in [0.25, 0.3) is 0 Å². The molecule has 1 aliphatic rings. The Morgan fingerprint density at radius 1 is 1.35 bits per heavy atom. The van der Waals surface area contributed by atoms with Crippen LogP contribution in [-0.4, -0.2) is 29.1 Å². The molecule has 0 saturated heterocycles. The number of rotatable bonds is 5. The monoisotopic (exact) mass is 277 g/mol. The molecule has 2 rings (SSSR count). The maximum atomic E-state index is 11.9. The van der Waals surface area contributed by atoms with Gasteiger partial charge < -0.3 is 15.2 Å². The maximum absolute atomic E-state index is 11.9. The lowest BCUT2D eigenvalue weighted by Gasteiger charge is -2.25. The van der Waals surface area contributed by atoms with Gasteiger partial charge in [-0.25, -0.2) is 4.79 Å². The second-order valence-electron chi connectivity index (χ2n) is 5.25. The fourth-order valence-electron chi connectivity index (χ4n) is 2.53. The van der Waals surface area contributed by atoms with Gasteiger partial charge in [-0.2, -0.15) is 0 Å². The quantitative estimate of drug-likeness (QED) is 0.861. The van der Waals surface area contributed by atoms with Gasteiger partial charge >= 0.3 is 5.97 Å². The van der Waals surface area contributed by atoms with Crippen LogP contribution in [0.4, 0.5) is 0 Å². The molecule has 1 aliphatic carbocycles. The third-order valence-corrected chi connectivity index (χ3v) is 3.60. The molecule has 5 heteroatoms. The Kier molecular flexibility index (Phi) is 4.27. The van der Waals surface area contributed by atoms with Crippen LogP contribution in [0.5, 0.6) is 5.75 Å². The van der Waals surface area contributed by atoms with Crippen molar-refractivity contribution < 1.29 is 19.4 Å². The molecule has 20 heavy (non-hydrogen) atoms. The lowest BCUT2D eigenvalue weighted by atomic mass is 9.98. The summed E-state index contributed by atoms with van der Waals surface area (Å²) in [5, 5.41) is 11.9. The van der Waals surface area contributed by atoms with Gasteiger partial charge in [0, 0.05) is 0 Å². The van der Waals surface area contributed by atoms with Crippen LogP contribution in [0.15, 0.2) is 24.3 Å². The number of nitrogens with one attached hydrogen (secondary N) is 1. The molecule has 0 unspecified atom stereocenters. The molecule has 108 valence electrons. The van der Waals surface area contributed by atoms with Crippen LogP contribution in [-0.2, 0) is 9.59 Å². The van der Waals surface area contributed by atoms with E-state index in [0.717, 1.165) is 18.4 Å². The van der Waals surface area contributed by atoms with E-state index in [-0.39, 0.29) is 6.61 Å². The summed E-state index contributed by atoms with van der Waals surface area (Å²) in [5.41, 5.74) is -0.0618. The van der Waals surface area contributed by atoms with E-state index < -0.39 is 17.4 Å². The van der Waals surface area contributed by atoms with Crippen LogP contribution >= 0.6 is 0 Å². The molecule has 0 heterocycles. The molecule has 1 aromatic carbocycles. The van der Waals surface area contributed by atoms with Crippen molar-refractivity contribution in [1.82, 2.24) is 5.32 Å². The number of aryl methyl sites for hydroxylation is 1. The highest BCUT2D eigenvalue weighted by Crippen LogP contribution is 2.29. The normalized spacial score (nSPS) is 16.6. The number of amides is 1. The summed E-state index contributed by atoms with van der Waals surface area (Å²) in [4.78, 5) is 23.2. The number of carboxylic acid groups (broad SMARTS) is 1. The Morgan fingerprint density at radius 3 is 2.65 bits per heavy atom. The molecular weight excluding hydrogens is 258 g/mol. The Balaban J connectivity index is 1.90. The molecule has 0 aromatic heterocycles. The summed E-state index contributed by atoms with van der Waals surface area (Å²) in [6.07, 6.45) is 2.62. The molecule has 5 nitrogen and oxygen atoms in total. The molecule has 0 aliphatic heterocycles. The van der Waals surface area contributed by atoms with Gasteiger partial charge in [-0.3, -0.25) is 4.79 Å². The first-order chi connectivity index (χ1) is 9.52. The number of benzene rings is 1. The van der Waals surface area contributed by atoms with Crippen molar-refractivity contribution >= 4 is 11.9 Å². The molecule has 0 atom stereocenters. The fraction of sp³-hybridized carbons (Fsp3) is 0.467. The molecule has 1 saturated carbocycles. The van der Waals surface area contributed by atoms with E-state index in [1.54, 1.807) is 6.07 Å². The summed E-state index contributed by atoms with van der Waals surface area (Å²) in [7, 11) is 0. The lowest BCUT2D eigenvalue weighted by Crippen LogP contribution is -2.53. The number of hydrogen-bond acceptors (Lipinski definition) is 3. The van der Waals surface area contributed by atoms with Gasteiger partial charge in [0.15, 0.2) is 6.61 Å². The minimum atomic E-state index is -1.10. The maximum Gasteiger partial charge on any atom is 0.329 e. The predicted octanol–water partition coefficient (Wildman–Crippen LogP) is 1.89. The van der Waals surface area contributed by atoms with Crippen LogP contribution in [0, 0.1) is 6.92 Å². The Labute approximate surface area is 117 Å². The van der Waals surface area contributed by atoms with Crippen LogP contribution in [0.2, 0.25) is 0 Å². The van der Waals surface area contributed by atoms with E-state index in [9.17, 15) is 14.7 Å². The minimum Gasteiger partial charge on any atom is -0.484 e. The third kappa shape index (κ3) is 3.29. The first-order valence-corrected chi connectivity index (χ1v) is 6.76. The number of carbonyl (C=O) groups is 2. The largest absolute Gasteiger partial charge is 0.484 e. The minimum absolute atomic E-state index is 0.168. The highest BCUT2D eigenvalue weighted by atomic mass is 16.5. The summed E-state index contributed by atoms with van der Waals surface area (Å²) < 4.78 is 5.38. The van der Waals surface area contributed by atoms with E-state index in [2.05, 4.69) is 5.32 Å². The Hall–Kier alpha value is -2.04. The van der Waals surface area contributed by atoms with Crippen molar-refractivity contribution in [1.29, 1.82) is 0 Å². The van der Waals surface area contributed by atoms with Gasteiger partial charge in [-0.1, -0.05) is 25.0 Å². The SMILES string of the molecule is Cc1cccc(OCC(=O)NC2(C(=O)O)CCCC2)c1. The zero-order chi connectivity index (χ0) is 14.6. The van der Waals surface area contributed by atoms with E-state index in [1.165, 1.54) is 0 Å². The average molecular weight is 277 g/mol. The number of aliphatic carboxylic acids is 1. The lowest BCUT2D eigenvalue weighted by molar-refractivity contribution is -0.147. The van der Waals surface area contributed by atoms with Crippen molar-refractivity contribution in [2.45, 2.75) is 38.1 Å². The van der Waals surface area contributed by atoms with Gasteiger partial charge in [0.05, 0.1) is 0 Å². The molecule has 0 bridgehead atoms. The Bertz CT molecular complexity index is 506. The van der Waals surface area contributed by atoms with E-state index in [0.29, 0.717) is 18.6 Å². The fourth-order valence-corrected chi connectivity index (χ4v) is 2.53. The van der Waals surface area contributed by atoms with E-state index in [1.807, 2.05) is 25.1 Å². The van der Waals surface area contributed by atoms with E-state index in [4.69, 9.17) is 4.74 Å². The smallest absolute Gasteiger partial charge is 0.329 e. The van der Waals surface area contributed by atoms with Gasteiger partial charge in [0.1, 0.15) is 11.3 Å². The predicted molar refractivity (Wildman–Crippen MR) is 73.7 cm³/mol. The van der Waals surface area contributed by atoms with Crippen molar-refractivity contribution in [3.8, 4) is 5.75 Å². The highest BCUT2D eigenvalue weighted by Gasteiger charge is 2.42. The summed E-state index contributed by atoms with van der Waals surface area (Å²) in [6.45, 7) is 1.77. The first kappa shape index (κ1) is 14.4. The average Bonchev–Trinajstić information content (AvgIpc) is 2.86. The van der Waals surface area contributed by atoms with E-state index >= 15 is 0 Å². The van der Waals surface area contributed by atoms with Crippen molar-refractivity contribution in [2.75, 3.05) is 6.61 Å². The van der Waals surface area contributed by atoms with Gasteiger partial charge in [-0.05, 0) is 37.5 Å². The second-order valence-corrected chi connectivity index (χ2v) is 5.25. The Morgan fingerprint density at radius 2 is 2.05 bits per heavy atom. The zero-order valence-electron chi connectivity index (χ0n) is 11.5. The zero-order valence-corrected chi connectivity index (χ0v) is 11.5. The topological polar surface area (TPSA) is 75.6 Å². The van der Waals surface area contributed by atoms with Gasteiger partial charge in [0.25, 0.3) is 5.91 Å². The number of hydrogen-bond donors (Lipinski definition) is 2. The molecule has 2 N–H and O–H groups in total. The number of carbonyl (C=O) groups excluding carboxylic acids is 1. The second kappa shape index (κ2) is 5.94. The molecule has 1 aromatic rings. The van der Waals surface area contributed by atoms with Crippen molar-refractivity contribution in [3.63, 3.8) is 0 Å². The third-order valence-electron chi connectivity index (χ3n) is 3.60. The van der Waals surface area contributed by atoms with Crippen LogP contribution in [0.1, 0.15) is 31.2 Å². The molecular formula is C15H19NO4. The molecule has 1 amide bonds. The standard InChI is InChI=1S/C15H19NO4/c1-11-5-4-6-12(9-11)20-10-13(17)16-15(14(18)19)7-2-3-8-15/h4-6,9H,2-3,7-8,10H2,1H3,(H,16,17)(H,18,19). The number of ether oxygens (including phenoxy) is 1. The van der Waals surface area contributed by atoms with Gasteiger partial charge in [-0.15, -0.1) is 0 Å². The molecule has 1 fully saturated rings. The van der Waals surface area contributed by atoms with Crippen LogP contribution < -0.4 is 10.1 Å². The summed E-state index contributed by atoms with van der Waals surface area (Å²) in [5.74, 6) is -0.745. The molecule has 0 radical (unpaired) electrons.